The van der Waals surface area contributed by atoms with Crippen molar-refractivity contribution < 1.29 is 4.74 Å². The fraction of sp³-hybridized carbons (Fsp3) is 0.471. The average molecular weight is 272 g/mol. The van der Waals surface area contributed by atoms with Crippen LogP contribution in [0, 0.1) is 0 Å². The number of nitrogens with one attached hydrogen (secondary N) is 1. The molecule has 3 heteroatoms. The van der Waals surface area contributed by atoms with Gasteiger partial charge in [0.1, 0.15) is 0 Å². The third-order valence-electron chi connectivity index (χ3n) is 3.31. The second-order valence-corrected chi connectivity index (χ2v) is 5.00. The topological polar surface area (TPSA) is 34.1 Å². The van der Waals surface area contributed by atoms with E-state index in [1.165, 1.54) is 10.8 Å². The lowest BCUT2D eigenvalue weighted by atomic mass is 10.1. The van der Waals surface area contributed by atoms with Crippen LogP contribution in [0.4, 0.5) is 0 Å². The second kappa shape index (κ2) is 7.98. The molecule has 20 heavy (non-hydrogen) atoms. The minimum Gasteiger partial charge on any atom is -0.379 e. The first kappa shape index (κ1) is 14.9. The zero-order chi connectivity index (χ0) is 14.2. The van der Waals surface area contributed by atoms with Gasteiger partial charge in [0.25, 0.3) is 0 Å². The summed E-state index contributed by atoms with van der Waals surface area (Å²) < 4.78 is 5.74. The van der Waals surface area contributed by atoms with Crippen molar-refractivity contribution in [3.63, 3.8) is 0 Å². The molecule has 0 saturated carbocycles. The standard InChI is InChI=1S/C17H24N2O/c1-3-10-18-16(13-20-12-4-2)17-15-8-6-5-7-14(15)9-11-19-17/h5-9,11,16,18H,3-4,10,12-13H2,1-2H3. The summed E-state index contributed by atoms with van der Waals surface area (Å²) in [6.07, 6.45) is 4.04. The molecule has 0 aliphatic carbocycles. The number of aromatic nitrogens is 1. The molecule has 2 aromatic rings. The Morgan fingerprint density at radius 2 is 2.00 bits per heavy atom. The molecule has 3 nitrogen and oxygen atoms in total. The van der Waals surface area contributed by atoms with Gasteiger partial charge in [-0.1, -0.05) is 38.1 Å². The van der Waals surface area contributed by atoms with Crippen LogP contribution in [0.15, 0.2) is 36.5 Å². The highest BCUT2D eigenvalue weighted by Crippen LogP contribution is 2.22. The maximum Gasteiger partial charge on any atom is 0.0739 e. The third kappa shape index (κ3) is 3.78. The van der Waals surface area contributed by atoms with E-state index in [0.717, 1.165) is 31.7 Å². The Kier molecular flexibility index (Phi) is 5.96. The fourth-order valence-electron chi connectivity index (χ4n) is 2.32. The summed E-state index contributed by atoms with van der Waals surface area (Å²) in [6.45, 7) is 6.76. The first-order chi connectivity index (χ1) is 9.86. The van der Waals surface area contributed by atoms with Gasteiger partial charge in [0.15, 0.2) is 0 Å². The molecule has 1 unspecified atom stereocenters. The fourth-order valence-corrected chi connectivity index (χ4v) is 2.32. The van der Waals surface area contributed by atoms with Crippen LogP contribution in [0.1, 0.15) is 38.4 Å². The smallest absolute Gasteiger partial charge is 0.0739 e. The summed E-state index contributed by atoms with van der Waals surface area (Å²) in [7, 11) is 0. The Labute approximate surface area is 121 Å². The van der Waals surface area contributed by atoms with Gasteiger partial charge in [0.05, 0.1) is 18.3 Å². The van der Waals surface area contributed by atoms with Crippen LogP contribution in [0.5, 0.6) is 0 Å². The van der Waals surface area contributed by atoms with Gasteiger partial charge in [-0.15, -0.1) is 0 Å². The summed E-state index contributed by atoms with van der Waals surface area (Å²) in [5.74, 6) is 0. The van der Waals surface area contributed by atoms with E-state index in [1.54, 1.807) is 0 Å². The number of pyridine rings is 1. The molecule has 0 amide bonds. The quantitative estimate of drug-likeness (QED) is 0.744. The Morgan fingerprint density at radius 3 is 2.80 bits per heavy atom. The normalized spacial score (nSPS) is 12.7. The highest BCUT2D eigenvalue weighted by Gasteiger charge is 2.15. The third-order valence-corrected chi connectivity index (χ3v) is 3.31. The van der Waals surface area contributed by atoms with Crippen molar-refractivity contribution in [3.8, 4) is 0 Å². The molecular weight excluding hydrogens is 248 g/mol. The lowest BCUT2D eigenvalue weighted by molar-refractivity contribution is 0.111. The molecule has 0 aliphatic rings. The molecular formula is C17H24N2O. The maximum atomic E-state index is 5.74. The van der Waals surface area contributed by atoms with Crippen molar-refractivity contribution in [2.75, 3.05) is 19.8 Å². The van der Waals surface area contributed by atoms with Crippen LogP contribution in [0.3, 0.4) is 0 Å². The van der Waals surface area contributed by atoms with Crippen LogP contribution >= 0.6 is 0 Å². The van der Waals surface area contributed by atoms with Gasteiger partial charge in [0.2, 0.25) is 0 Å². The van der Waals surface area contributed by atoms with Gasteiger partial charge in [-0.25, -0.2) is 0 Å². The summed E-state index contributed by atoms with van der Waals surface area (Å²) in [5.41, 5.74) is 1.09. The zero-order valence-electron chi connectivity index (χ0n) is 12.4. The Bertz CT molecular complexity index is 522. The molecule has 0 bridgehead atoms. The van der Waals surface area contributed by atoms with Crippen molar-refractivity contribution in [1.82, 2.24) is 10.3 Å². The van der Waals surface area contributed by atoms with Crippen LogP contribution < -0.4 is 5.32 Å². The van der Waals surface area contributed by atoms with Crippen molar-refractivity contribution >= 4 is 10.8 Å². The highest BCUT2D eigenvalue weighted by molar-refractivity contribution is 5.84. The van der Waals surface area contributed by atoms with Crippen LogP contribution in [-0.4, -0.2) is 24.7 Å². The largest absolute Gasteiger partial charge is 0.379 e. The summed E-state index contributed by atoms with van der Waals surface area (Å²) >= 11 is 0. The first-order valence-electron chi connectivity index (χ1n) is 7.51. The van der Waals surface area contributed by atoms with Gasteiger partial charge in [0, 0.05) is 18.2 Å². The molecule has 2 rings (SSSR count). The Hall–Kier alpha value is -1.45. The lowest BCUT2D eigenvalue weighted by Gasteiger charge is -2.19. The SMILES string of the molecule is CCCNC(COCCC)c1nccc2ccccc12. The van der Waals surface area contributed by atoms with E-state index in [9.17, 15) is 0 Å². The molecule has 1 N–H and O–H groups in total. The number of hydrogen-bond donors (Lipinski definition) is 1. The van der Waals surface area contributed by atoms with E-state index >= 15 is 0 Å². The molecule has 1 heterocycles. The van der Waals surface area contributed by atoms with E-state index in [-0.39, 0.29) is 6.04 Å². The molecule has 0 spiro atoms. The molecule has 1 aromatic heterocycles. The van der Waals surface area contributed by atoms with Crippen molar-refractivity contribution in [3.05, 3.63) is 42.2 Å². The predicted molar refractivity (Wildman–Crippen MR) is 83.9 cm³/mol. The lowest BCUT2D eigenvalue weighted by Crippen LogP contribution is -2.27. The van der Waals surface area contributed by atoms with Crippen molar-refractivity contribution in [1.29, 1.82) is 0 Å². The Morgan fingerprint density at radius 1 is 1.15 bits per heavy atom. The second-order valence-electron chi connectivity index (χ2n) is 5.00. The van der Waals surface area contributed by atoms with Gasteiger partial charge < -0.3 is 10.1 Å². The molecule has 1 aromatic carbocycles. The number of ether oxygens (including phenoxy) is 1. The number of rotatable bonds is 8. The molecule has 108 valence electrons. The minimum atomic E-state index is 0.160. The highest BCUT2D eigenvalue weighted by atomic mass is 16.5. The van der Waals surface area contributed by atoms with Crippen molar-refractivity contribution in [2.45, 2.75) is 32.7 Å². The van der Waals surface area contributed by atoms with Gasteiger partial charge in [-0.3, -0.25) is 4.98 Å². The van der Waals surface area contributed by atoms with E-state index < -0.39 is 0 Å². The molecule has 0 radical (unpaired) electrons. The van der Waals surface area contributed by atoms with Crippen molar-refractivity contribution in [2.24, 2.45) is 0 Å². The van der Waals surface area contributed by atoms with Gasteiger partial charge in [-0.2, -0.15) is 0 Å². The van der Waals surface area contributed by atoms with Crippen LogP contribution in [-0.2, 0) is 4.74 Å². The van der Waals surface area contributed by atoms with E-state index in [4.69, 9.17) is 4.74 Å². The molecule has 0 fully saturated rings. The van der Waals surface area contributed by atoms with E-state index in [0.29, 0.717) is 6.61 Å². The number of nitrogens with zero attached hydrogens (tertiary/aromatic N) is 1. The average Bonchev–Trinajstić information content (AvgIpc) is 2.50. The van der Waals surface area contributed by atoms with Gasteiger partial charge in [-0.05, 0) is 30.8 Å². The minimum absolute atomic E-state index is 0.160. The van der Waals surface area contributed by atoms with Gasteiger partial charge >= 0.3 is 0 Å². The summed E-state index contributed by atoms with van der Waals surface area (Å²) in [4.78, 5) is 4.60. The predicted octanol–water partition coefficient (Wildman–Crippen LogP) is 3.70. The summed E-state index contributed by atoms with van der Waals surface area (Å²) in [6, 6.07) is 10.6. The number of hydrogen-bond acceptors (Lipinski definition) is 3. The van der Waals surface area contributed by atoms with Crippen LogP contribution in [0.25, 0.3) is 10.8 Å². The molecule has 1 atom stereocenters. The van der Waals surface area contributed by atoms with E-state index in [2.05, 4.69) is 54.5 Å². The first-order valence-corrected chi connectivity index (χ1v) is 7.51. The molecule has 0 aliphatic heterocycles. The van der Waals surface area contributed by atoms with E-state index in [1.807, 2.05) is 6.20 Å². The van der Waals surface area contributed by atoms with Crippen LogP contribution in [0.2, 0.25) is 0 Å². The zero-order valence-corrected chi connectivity index (χ0v) is 12.4. The maximum absolute atomic E-state index is 5.74. The monoisotopic (exact) mass is 272 g/mol. The number of fused-ring (bicyclic) bond motifs is 1. The number of benzene rings is 1. The summed E-state index contributed by atoms with van der Waals surface area (Å²) in [5, 5.41) is 5.99. The Balaban J connectivity index is 2.24. The molecule has 0 saturated heterocycles.